The van der Waals surface area contributed by atoms with Crippen molar-refractivity contribution >= 4 is 11.6 Å². The molecule has 0 aliphatic carbocycles. The zero-order valence-corrected chi connectivity index (χ0v) is 10.9. The molecule has 3 N–H and O–H groups in total. The van der Waals surface area contributed by atoms with Crippen LogP contribution >= 0.6 is 0 Å². The molecule has 1 atom stereocenters. The van der Waals surface area contributed by atoms with Crippen molar-refractivity contribution in [3.05, 3.63) is 65.2 Å². The third kappa shape index (κ3) is 2.93. The Morgan fingerprint density at radius 3 is 2.35 bits per heavy atom. The van der Waals surface area contributed by atoms with Crippen LogP contribution in [-0.2, 0) is 0 Å². The number of amides is 1. The van der Waals surface area contributed by atoms with E-state index in [1.807, 2.05) is 0 Å². The number of carbonyl (C=O) groups is 1. The summed E-state index contributed by atoms with van der Waals surface area (Å²) in [6, 6.07) is 9.83. The lowest BCUT2D eigenvalue weighted by Gasteiger charge is -2.15. The number of halogens is 2. The second kappa shape index (κ2) is 5.69. The topological polar surface area (TPSA) is 55.1 Å². The first kappa shape index (κ1) is 14.0. The summed E-state index contributed by atoms with van der Waals surface area (Å²) in [6.45, 7) is 1.71. The maximum absolute atomic E-state index is 13.5. The number of benzene rings is 2. The zero-order valence-electron chi connectivity index (χ0n) is 10.9. The van der Waals surface area contributed by atoms with Crippen LogP contribution in [0.25, 0.3) is 0 Å². The summed E-state index contributed by atoms with van der Waals surface area (Å²) in [5, 5.41) is 2.55. The lowest BCUT2D eigenvalue weighted by Crippen LogP contribution is -2.28. The van der Waals surface area contributed by atoms with Crippen LogP contribution in [0.3, 0.4) is 0 Å². The van der Waals surface area contributed by atoms with E-state index in [9.17, 15) is 13.6 Å². The Labute approximate surface area is 115 Å². The number of nitrogens with one attached hydrogen (secondary N) is 1. The van der Waals surface area contributed by atoms with E-state index in [0.717, 1.165) is 17.7 Å². The minimum Gasteiger partial charge on any atom is -0.399 e. The first-order chi connectivity index (χ1) is 9.49. The van der Waals surface area contributed by atoms with Crippen molar-refractivity contribution in [1.29, 1.82) is 0 Å². The van der Waals surface area contributed by atoms with Gasteiger partial charge in [-0.1, -0.05) is 18.2 Å². The van der Waals surface area contributed by atoms with Gasteiger partial charge in [0.2, 0.25) is 0 Å². The SMILES string of the molecule is CC(NC(=O)c1c(F)cccc1F)c1cccc(N)c1. The van der Waals surface area contributed by atoms with Crippen LogP contribution in [0.2, 0.25) is 0 Å². The zero-order chi connectivity index (χ0) is 14.7. The largest absolute Gasteiger partial charge is 0.399 e. The summed E-state index contributed by atoms with van der Waals surface area (Å²) in [5.41, 5.74) is 6.39. The van der Waals surface area contributed by atoms with Crippen LogP contribution in [0.4, 0.5) is 14.5 Å². The molecule has 0 fully saturated rings. The van der Waals surface area contributed by atoms with Crippen molar-refractivity contribution in [3.63, 3.8) is 0 Å². The number of nitrogen functional groups attached to an aromatic ring is 1. The molecule has 0 radical (unpaired) electrons. The predicted molar refractivity (Wildman–Crippen MR) is 73.1 cm³/mol. The molecular weight excluding hydrogens is 262 g/mol. The van der Waals surface area contributed by atoms with Crippen molar-refractivity contribution in [2.75, 3.05) is 5.73 Å². The smallest absolute Gasteiger partial charge is 0.257 e. The molecule has 2 rings (SSSR count). The first-order valence-corrected chi connectivity index (χ1v) is 6.09. The maximum Gasteiger partial charge on any atom is 0.257 e. The summed E-state index contributed by atoms with van der Waals surface area (Å²) in [4.78, 5) is 11.9. The molecule has 0 bridgehead atoms. The third-order valence-corrected chi connectivity index (χ3v) is 2.95. The fraction of sp³-hybridized carbons (Fsp3) is 0.133. The Bertz CT molecular complexity index is 623. The molecule has 0 spiro atoms. The van der Waals surface area contributed by atoms with Gasteiger partial charge in [0.1, 0.15) is 17.2 Å². The van der Waals surface area contributed by atoms with E-state index >= 15 is 0 Å². The van der Waals surface area contributed by atoms with Crippen molar-refractivity contribution in [2.45, 2.75) is 13.0 Å². The van der Waals surface area contributed by atoms with E-state index in [0.29, 0.717) is 5.69 Å². The fourth-order valence-electron chi connectivity index (χ4n) is 1.90. The van der Waals surface area contributed by atoms with Crippen LogP contribution in [0.1, 0.15) is 28.9 Å². The molecule has 2 aromatic carbocycles. The van der Waals surface area contributed by atoms with Gasteiger partial charge in [-0.25, -0.2) is 8.78 Å². The van der Waals surface area contributed by atoms with Crippen LogP contribution in [-0.4, -0.2) is 5.91 Å². The van der Waals surface area contributed by atoms with Gasteiger partial charge in [0.25, 0.3) is 5.91 Å². The molecular formula is C15H14F2N2O. The minimum atomic E-state index is -0.887. The number of anilines is 1. The molecule has 0 aliphatic rings. The van der Waals surface area contributed by atoms with Crippen molar-refractivity contribution < 1.29 is 13.6 Å². The van der Waals surface area contributed by atoms with E-state index in [1.54, 1.807) is 31.2 Å². The highest BCUT2D eigenvalue weighted by Crippen LogP contribution is 2.17. The van der Waals surface area contributed by atoms with E-state index in [1.165, 1.54) is 6.07 Å². The number of hydrogen-bond acceptors (Lipinski definition) is 2. The van der Waals surface area contributed by atoms with E-state index < -0.39 is 29.1 Å². The summed E-state index contributed by atoms with van der Waals surface area (Å²) in [6.07, 6.45) is 0. The summed E-state index contributed by atoms with van der Waals surface area (Å²) in [5.74, 6) is -2.57. The molecule has 1 amide bonds. The standard InChI is InChI=1S/C15H14F2N2O/c1-9(10-4-2-5-11(18)8-10)19-15(20)14-12(16)6-3-7-13(14)17/h2-9H,18H2,1H3,(H,19,20). The highest BCUT2D eigenvalue weighted by Gasteiger charge is 2.19. The first-order valence-electron chi connectivity index (χ1n) is 6.09. The Kier molecular flexibility index (Phi) is 3.98. The van der Waals surface area contributed by atoms with Gasteiger partial charge in [0, 0.05) is 5.69 Å². The molecule has 2 aromatic rings. The third-order valence-electron chi connectivity index (χ3n) is 2.95. The normalized spacial score (nSPS) is 11.9. The Hall–Kier alpha value is -2.43. The molecule has 0 aliphatic heterocycles. The average Bonchev–Trinajstić information content (AvgIpc) is 2.38. The fourth-order valence-corrected chi connectivity index (χ4v) is 1.90. The summed E-state index contributed by atoms with van der Waals surface area (Å²) in [7, 11) is 0. The summed E-state index contributed by atoms with van der Waals surface area (Å²) < 4.78 is 27.0. The second-order valence-corrected chi connectivity index (χ2v) is 4.46. The number of carbonyl (C=O) groups excluding carboxylic acids is 1. The summed E-state index contributed by atoms with van der Waals surface area (Å²) >= 11 is 0. The van der Waals surface area contributed by atoms with E-state index in [-0.39, 0.29) is 0 Å². The van der Waals surface area contributed by atoms with Gasteiger partial charge in [0.15, 0.2) is 0 Å². The van der Waals surface area contributed by atoms with Gasteiger partial charge < -0.3 is 11.1 Å². The maximum atomic E-state index is 13.5. The molecule has 3 nitrogen and oxygen atoms in total. The van der Waals surface area contributed by atoms with Crippen LogP contribution in [0.5, 0.6) is 0 Å². The van der Waals surface area contributed by atoms with Gasteiger partial charge in [0.05, 0.1) is 6.04 Å². The van der Waals surface area contributed by atoms with Gasteiger partial charge in [-0.15, -0.1) is 0 Å². The number of hydrogen-bond donors (Lipinski definition) is 2. The molecule has 0 saturated heterocycles. The van der Waals surface area contributed by atoms with Crippen molar-refractivity contribution in [2.24, 2.45) is 0 Å². The minimum absolute atomic E-state index is 0.412. The second-order valence-electron chi connectivity index (χ2n) is 4.46. The van der Waals surface area contributed by atoms with Crippen LogP contribution < -0.4 is 11.1 Å². The van der Waals surface area contributed by atoms with E-state index in [4.69, 9.17) is 5.73 Å². The molecule has 5 heteroatoms. The molecule has 0 heterocycles. The Morgan fingerprint density at radius 2 is 1.75 bits per heavy atom. The molecule has 0 saturated carbocycles. The van der Waals surface area contributed by atoms with Crippen LogP contribution in [0.15, 0.2) is 42.5 Å². The van der Waals surface area contributed by atoms with Gasteiger partial charge in [-0.3, -0.25) is 4.79 Å². The average molecular weight is 276 g/mol. The van der Waals surface area contributed by atoms with Crippen LogP contribution in [0, 0.1) is 11.6 Å². The van der Waals surface area contributed by atoms with Crippen molar-refractivity contribution in [1.82, 2.24) is 5.32 Å². The molecule has 104 valence electrons. The number of nitrogens with two attached hydrogens (primary N) is 1. The highest BCUT2D eigenvalue weighted by atomic mass is 19.1. The van der Waals surface area contributed by atoms with Crippen molar-refractivity contribution in [3.8, 4) is 0 Å². The Morgan fingerprint density at radius 1 is 1.15 bits per heavy atom. The quantitative estimate of drug-likeness (QED) is 0.847. The molecule has 20 heavy (non-hydrogen) atoms. The molecule has 1 unspecified atom stereocenters. The lowest BCUT2D eigenvalue weighted by molar-refractivity contribution is 0.0931. The highest BCUT2D eigenvalue weighted by molar-refractivity contribution is 5.95. The van der Waals surface area contributed by atoms with Gasteiger partial charge >= 0.3 is 0 Å². The van der Waals surface area contributed by atoms with Gasteiger partial charge in [-0.2, -0.15) is 0 Å². The number of rotatable bonds is 3. The Balaban J connectivity index is 2.20. The van der Waals surface area contributed by atoms with E-state index in [2.05, 4.69) is 5.32 Å². The molecule has 0 aromatic heterocycles. The predicted octanol–water partition coefficient (Wildman–Crippen LogP) is 3.04. The lowest BCUT2D eigenvalue weighted by atomic mass is 10.1. The van der Waals surface area contributed by atoms with Gasteiger partial charge in [-0.05, 0) is 36.8 Å². The monoisotopic (exact) mass is 276 g/mol.